The van der Waals surface area contributed by atoms with Crippen molar-refractivity contribution in [2.45, 2.75) is 37.3 Å². The molecule has 2 aliphatic heterocycles. The lowest BCUT2D eigenvalue weighted by Crippen LogP contribution is -2.40. The molecule has 1 aromatic heterocycles. The Morgan fingerprint density at radius 2 is 1.97 bits per heavy atom. The Kier molecular flexibility index (Phi) is 6.15. The quantitative estimate of drug-likeness (QED) is 0.714. The largest absolute Gasteiger partial charge is 0.381 e. The Morgan fingerprint density at radius 1 is 1.23 bits per heavy atom. The van der Waals surface area contributed by atoms with Gasteiger partial charge in [-0.15, -0.1) is 0 Å². The molecule has 0 radical (unpaired) electrons. The van der Waals surface area contributed by atoms with Crippen LogP contribution in [-0.2, 0) is 4.74 Å². The molecule has 2 fully saturated rings. The van der Waals surface area contributed by atoms with Crippen molar-refractivity contribution >= 4 is 5.95 Å². The van der Waals surface area contributed by atoms with Gasteiger partial charge in [0.25, 0.3) is 0 Å². The summed E-state index contributed by atoms with van der Waals surface area (Å²) in [6.45, 7) is 2.39. The highest BCUT2D eigenvalue weighted by Crippen LogP contribution is 2.27. The van der Waals surface area contributed by atoms with Gasteiger partial charge in [0, 0.05) is 43.7 Å². The lowest BCUT2D eigenvalue weighted by Gasteiger charge is -2.30. The molecule has 0 atom stereocenters. The summed E-state index contributed by atoms with van der Waals surface area (Å²) in [5.41, 5.74) is 6.28. The topological polar surface area (TPSA) is 108 Å². The molecule has 0 unspecified atom stereocenters. The average Bonchev–Trinajstić information content (AvgIpc) is 2.79. The maximum atomic E-state index is 14.3. The van der Waals surface area contributed by atoms with Crippen LogP contribution in [0.2, 0.25) is 0 Å². The average molecular weight is 421 g/mol. The summed E-state index contributed by atoms with van der Waals surface area (Å²) >= 11 is 0. The zero-order chi connectivity index (χ0) is 21.8. The number of hydrogen-bond donors (Lipinski definition) is 2. The number of nitrogens with two attached hydrogens (primary N) is 1. The van der Waals surface area contributed by atoms with Gasteiger partial charge in [-0.1, -0.05) is 17.9 Å². The molecule has 2 aliphatic rings. The van der Waals surface area contributed by atoms with Gasteiger partial charge < -0.3 is 20.5 Å². The van der Waals surface area contributed by atoms with E-state index in [1.807, 2.05) is 6.07 Å². The summed E-state index contributed by atoms with van der Waals surface area (Å²) in [5, 5.41) is 19.7. The van der Waals surface area contributed by atoms with E-state index in [1.165, 1.54) is 12.1 Å². The van der Waals surface area contributed by atoms with Crippen LogP contribution in [0.4, 0.5) is 10.3 Å². The molecule has 0 spiro atoms. The van der Waals surface area contributed by atoms with Crippen LogP contribution in [0, 0.1) is 29.0 Å². The van der Waals surface area contributed by atoms with Gasteiger partial charge in [-0.3, -0.25) is 0 Å². The van der Waals surface area contributed by atoms with Gasteiger partial charge in [0.1, 0.15) is 17.5 Å². The normalized spacial score (nSPS) is 18.7. The molecular weight excluding hydrogens is 397 g/mol. The number of nitriles is 1. The van der Waals surface area contributed by atoms with Crippen molar-refractivity contribution in [3.8, 4) is 29.2 Å². The van der Waals surface area contributed by atoms with Crippen molar-refractivity contribution in [2.75, 3.05) is 31.2 Å². The number of aromatic nitrogens is 2. The minimum atomic E-state index is -1.13. The zero-order valence-electron chi connectivity index (χ0n) is 17.1. The van der Waals surface area contributed by atoms with Gasteiger partial charge in [-0.25, -0.2) is 14.4 Å². The fourth-order valence-electron chi connectivity index (χ4n) is 3.71. The number of nitrogens with zero attached hydrogens (tertiary/aromatic N) is 4. The molecule has 1 aromatic carbocycles. The van der Waals surface area contributed by atoms with Crippen molar-refractivity contribution in [1.82, 2.24) is 9.97 Å². The molecule has 31 heavy (non-hydrogen) atoms. The molecule has 3 N–H and O–H groups in total. The molecule has 8 heteroatoms. The highest BCUT2D eigenvalue weighted by atomic mass is 19.1. The Bertz CT molecular complexity index is 1060. The summed E-state index contributed by atoms with van der Waals surface area (Å²) in [6, 6.07) is 6.36. The van der Waals surface area contributed by atoms with E-state index in [0.717, 1.165) is 25.9 Å². The smallest absolute Gasteiger partial charge is 0.225 e. The number of halogens is 1. The SMILES string of the molecule is N#Cc1ccc(-c2nc(N3CCC(N)CC3)ncc2C#CC2(O)CCOCC2)cc1F. The van der Waals surface area contributed by atoms with E-state index in [9.17, 15) is 9.50 Å². The van der Waals surface area contributed by atoms with Crippen LogP contribution >= 0.6 is 0 Å². The van der Waals surface area contributed by atoms with Gasteiger partial charge in [0.2, 0.25) is 5.95 Å². The van der Waals surface area contributed by atoms with E-state index in [2.05, 4.69) is 21.7 Å². The number of rotatable bonds is 2. The maximum absolute atomic E-state index is 14.3. The number of piperidine rings is 1. The standard InChI is InChI=1S/C23H24FN5O2/c24-20-13-16(1-2-17(20)14-25)21-18(3-6-23(30)7-11-31-12-8-23)15-27-22(28-21)29-9-4-19(26)5-10-29/h1-2,13,15,19,30H,4-5,7-12,26H2. The summed E-state index contributed by atoms with van der Waals surface area (Å²) in [5.74, 6) is 5.85. The lowest BCUT2D eigenvalue weighted by molar-refractivity contribution is -0.0261. The second-order valence-electron chi connectivity index (χ2n) is 7.96. The van der Waals surface area contributed by atoms with Crippen molar-refractivity contribution in [3.63, 3.8) is 0 Å². The third-order valence-corrected chi connectivity index (χ3v) is 5.71. The van der Waals surface area contributed by atoms with Crippen molar-refractivity contribution in [1.29, 1.82) is 5.26 Å². The monoisotopic (exact) mass is 421 g/mol. The first kappa shape index (κ1) is 21.2. The highest BCUT2D eigenvalue weighted by Gasteiger charge is 2.27. The Balaban J connectivity index is 1.74. The fourth-order valence-corrected chi connectivity index (χ4v) is 3.71. The van der Waals surface area contributed by atoms with Crippen LogP contribution in [0.1, 0.15) is 36.8 Å². The Hall–Kier alpha value is -3.04. The Labute approximate surface area is 180 Å². The van der Waals surface area contributed by atoms with E-state index in [4.69, 9.17) is 20.7 Å². The molecule has 3 heterocycles. The van der Waals surface area contributed by atoms with E-state index in [0.29, 0.717) is 48.8 Å². The molecule has 2 aromatic rings. The van der Waals surface area contributed by atoms with Crippen LogP contribution in [0.25, 0.3) is 11.3 Å². The highest BCUT2D eigenvalue weighted by molar-refractivity contribution is 5.69. The minimum Gasteiger partial charge on any atom is -0.381 e. The molecule has 2 saturated heterocycles. The molecule has 0 bridgehead atoms. The van der Waals surface area contributed by atoms with E-state index in [1.54, 1.807) is 12.3 Å². The van der Waals surface area contributed by atoms with Crippen molar-refractivity contribution < 1.29 is 14.2 Å². The van der Waals surface area contributed by atoms with Crippen LogP contribution in [0.5, 0.6) is 0 Å². The van der Waals surface area contributed by atoms with Crippen LogP contribution in [-0.4, -0.2) is 53.0 Å². The lowest BCUT2D eigenvalue weighted by atomic mass is 9.94. The number of aliphatic hydroxyl groups is 1. The van der Waals surface area contributed by atoms with E-state index in [-0.39, 0.29) is 11.6 Å². The molecular formula is C23H24FN5O2. The predicted molar refractivity (Wildman–Crippen MR) is 113 cm³/mol. The predicted octanol–water partition coefficient (Wildman–Crippen LogP) is 1.97. The number of hydrogen-bond acceptors (Lipinski definition) is 7. The van der Waals surface area contributed by atoms with Gasteiger partial charge in [-0.2, -0.15) is 5.26 Å². The summed E-state index contributed by atoms with van der Waals surface area (Å²) in [4.78, 5) is 11.2. The molecule has 4 rings (SSSR count). The second-order valence-corrected chi connectivity index (χ2v) is 7.96. The first-order chi connectivity index (χ1) is 15.0. The third-order valence-electron chi connectivity index (χ3n) is 5.71. The van der Waals surface area contributed by atoms with Gasteiger partial charge in [0.05, 0.1) is 30.0 Å². The summed E-state index contributed by atoms with van der Waals surface area (Å²) in [7, 11) is 0. The Morgan fingerprint density at radius 3 is 2.65 bits per heavy atom. The number of ether oxygens (including phenoxy) is 1. The van der Waals surface area contributed by atoms with Crippen molar-refractivity contribution in [3.05, 3.63) is 41.3 Å². The minimum absolute atomic E-state index is 0.0350. The van der Waals surface area contributed by atoms with Gasteiger partial charge in [-0.05, 0) is 25.0 Å². The molecule has 0 aliphatic carbocycles. The molecule has 0 saturated carbocycles. The van der Waals surface area contributed by atoms with Crippen LogP contribution < -0.4 is 10.6 Å². The zero-order valence-corrected chi connectivity index (χ0v) is 17.1. The number of benzene rings is 1. The maximum Gasteiger partial charge on any atom is 0.225 e. The summed E-state index contributed by atoms with van der Waals surface area (Å²) in [6.07, 6.45) is 4.15. The first-order valence-electron chi connectivity index (χ1n) is 10.4. The molecule has 0 amide bonds. The van der Waals surface area contributed by atoms with Gasteiger partial charge in [0.15, 0.2) is 0 Å². The second kappa shape index (κ2) is 8.99. The third kappa shape index (κ3) is 4.83. The van der Waals surface area contributed by atoms with E-state index < -0.39 is 11.4 Å². The summed E-state index contributed by atoms with van der Waals surface area (Å²) < 4.78 is 19.6. The molecule has 7 nitrogen and oxygen atoms in total. The molecule has 160 valence electrons. The van der Waals surface area contributed by atoms with Crippen molar-refractivity contribution in [2.24, 2.45) is 5.73 Å². The van der Waals surface area contributed by atoms with Crippen LogP contribution in [0.15, 0.2) is 24.4 Å². The fraction of sp³-hybridized carbons (Fsp3) is 0.435. The number of anilines is 1. The van der Waals surface area contributed by atoms with Crippen LogP contribution in [0.3, 0.4) is 0 Å². The first-order valence-corrected chi connectivity index (χ1v) is 10.4. The van der Waals surface area contributed by atoms with Gasteiger partial charge >= 0.3 is 0 Å². The van der Waals surface area contributed by atoms with E-state index >= 15 is 0 Å².